The van der Waals surface area contributed by atoms with Gasteiger partial charge in [-0.15, -0.1) is 0 Å². The number of furan rings is 1. The molecule has 3 heterocycles. The van der Waals surface area contributed by atoms with Crippen LogP contribution in [0.1, 0.15) is 91.6 Å². The van der Waals surface area contributed by atoms with E-state index in [0.717, 1.165) is 52.6 Å². The zero-order chi connectivity index (χ0) is 29.7. The summed E-state index contributed by atoms with van der Waals surface area (Å²) < 4.78 is 10.2. The largest absolute Gasteiger partial charge is 0.472 e. The van der Waals surface area contributed by atoms with Crippen molar-refractivity contribution in [3.05, 3.63) is 83.6 Å². The highest BCUT2D eigenvalue weighted by Gasteiger charge is 2.48. The highest BCUT2D eigenvalue weighted by atomic mass is 16.3. The molecule has 2 aromatic carbocycles. The molecule has 2 aliphatic carbocycles. The molecule has 2 saturated carbocycles. The lowest BCUT2D eigenvalue weighted by atomic mass is 9.75. The molecule has 1 amide bonds. The maximum absolute atomic E-state index is 13.9. The summed E-state index contributed by atoms with van der Waals surface area (Å²) in [6, 6.07) is 14.8. The monoisotopic (exact) mass is 575 g/mol. The molecule has 0 spiro atoms. The van der Waals surface area contributed by atoms with E-state index in [1.165, 1.54) is 48.9 Å². The second-order valence-corrected chi connectivity index (χ2v) is 12.5. The topological polar surface area (TPSA) is 83.9 Å². The number of nitrogens with one attached hydrogen (secondary N) is 2. The summed E-state index contributed by atoms with van der Waals surface area (Å²) in [7, 11) is 2.05. The van der Waals surface area contributed by atoms with Crippen molar-refractivity contribution in [3.63, 3.8) is 0 Å². The van der Waals surface area contributed by atoms with Crippen molar-refractivity contribution in [2.24, 2.45) is 7.05 Å². The van der Waals surface area contributed by atoms with Crippen molar-refractivity contribution >= 4 is 39.7 Å². The van der Waals surface area contributed by atoms with Gasteiger partial charge in [0.25, 0.3) is 11.7 Å². The first-order chi connectivity index (χ1) is 20.8. The number of benzene rings is 2. The summed E-state index contributed by atoms with van der Waals surface area (Å²) in [4.78, 5) is 29.0. The van der Waals surface area contributed by atoms with Gasteiger partial charge in [0.05, 0.1) is 25.3 Å². The number of aromatic amines is 1. The lowest BCUT2D eigenvalue weighted by molar-refractivity contribution is -0.658. The predicted molar refractivity (Wildman–Crippen MR) is 169 cm³/mol. The van der Waals surface area contributed by atoms with E-state index in [0.29, 0.717) is 11.6 Å². The Morgan fingerprint density at radius 1 is 1.07 bits per heavy atom. The Labute approximate surface area is 251 Å². The van der Waals surface area contributed by atoms with Crippen LogP contribution >= 0.6 is 0 Å². The molecule has 2 N–H and O–H groups in total. The van der Waals surface area contributed by atoms with Gasteiger partial charge in [-0.3, -0.25) is 9.59 Å². The minimum absolute atomic E-state index is 0.0191. The number of ketones is 1. The minimum Gasteiger partial charge on any atom is -0.472 e. The summed E-state index contributed by atoms with van der Waals surface area (Å²) in [5.41, 5.74) is 7.88. The number of carbonyl (C=O) groups is 2. The Morgan fingerprint density at radius 2 is 1.88 bits per heavy atom. The predicted octanol–water partition coefficient (Wildman–Crippen LogP) is 7.43. The number of H-pyrrole nitrogens is 1. The van der Waals surface area contributed by atoms with E-state index in [-0.39, 0.29) is 11.7 Å². The van der Waals surface area contributed by atoms with Gasteiger partial charge < -0.3 is 14.3 Å². The fourth-order valence-corrected chi connectivity index (χ4v) is 7.37. The second kappa shape index (κ2) is 10.7. The summed E-state index contributed by atoms with van der Waals surface area (Å²) >= 11 is 0. The third kappa shape index (κ3) is 4.71. The molecule has 0 atom stereocenters. The average molecular weight is 576 g/mol. The number of hydrogen-bond acceptors (Lipinski definition) is 3. The second-order valence-electron chi connectivity index (χ2n) is 12.5. The summed E-state index contributed by atoms with van der Waals surface area (Å²) in [6.07, 6.45) is 15.9. The number of aromatic nitrogens is 3. The van der Waals surface area contributed by atoms with Crippen LogP contribution in [0, 0.1) is 6.92 Å². The molecule has 7 rings (SSSR count). The molecule has 0 aliphatic heterocycles. The molecule has 0 saturated heterocycles. The number of nitrogens with zero attached hydrogens (tertiary/aromatic N) is 2. The molecule has 3 aromatic heterocycles. The van der Waals surface area contributed by atoms with Crippen molar-refractivity contribution in [2.45, 2.75) is 76.8 Å². The number of amides is 1. The molecule has 0 bridgehead atoms. The van der Waals surface area contributed by atoms with Crippen LogP contribution < -0.4 is 9.88 Å². The number of aryl methyl sites for hydroxylation is 2. The standard InChI is InChI=1S/C36H38N4O3/c1-23(41)10-11-25-12-14-32-30(20-25)37-35(39(32)3)36(17-7-18-36)38-34(42)26-13-15-31-29(21-26)24(2)33(27-16-19-43-22-27)40(31)28-8-5-4-6-9-28/h10-16,19-22,28H,4-9,17-18H2,1-3H3,(H,38,42)/p+1/b11-10+. The number of hydrogen-bond donors (Lipinski definition) is 2. The van der Waals surface area contributed by atoms with Gasteiger partial charge in [-0.2, -0.15) is 0 Å². The molecule has 5 aromatic rings. The van der Waals surface area contributed by atoms with Crippen molar-refractivity contribution in [1.29, 1.82) is 0 Å². The third-order valence-corrected chi connectivity index (χ3v) is 9.75. The first kappa shape index (κ1) is 27.4. The normalized spacial score (nSPS) is 17.1. The highest BCUT2D eigenvalue weighted by Crippen LogP contribution is 2.42. The van der Waals surface area contributed by atoms with Crippen LogP contribution in [-0.4, -0.2) is 21.2 Å². The average Bonchev–Trinajstić information content (AvgIpc) is 3.71. The Bertz CT molecular complexity index is 1880. The molecule has 43 heavy (non-hydrogen) atoms. The summed E-state index contributed by atoms with van der Waals surface area (Å²) in [5.74, 6) is 0.961. The molecule has 0 unspecified atom stereocenters. The Balaban J connectivity index is 1.23. The van der Waals surface area contributed by atoms with E-state index in [1.54, 1.807) is 19.3 Å². The molecule has 2 fully saturated rings. The molecular formula is C36H39N4O3+. The quantitative estimate of drug-likeness (QED) is 0.156. The maximum Gasteiger partial charge on any atom is 0.281 e. The molecule has 0 radical (unpaired) electrons. The van der Waals surface area contributed by atoms with Gasteiger partial charge in [0.15, 0.2) is 16.8 Å². The Morgan fingerprint density at radius 3 is 2.58 bits per heavy atom. The Hall–Kier alpha value is -4.39. The fraction of sp³-hybridized carbons (Fsp3) is 0.361. The van der Waals surface area contributed by atoms with Crippen molar-refractivity contribution in [3.8, 4) is 11.3 Å². The number of imidazole rings is 1. The number of rotatable bonds is 7. The van der Waals surface area contributed by atoms with Gasteiger partial charge in [0.1, 0.15) is 5.54 Å². The van der Waals surface area contributed by atoms with Gasteiger partial charge in [-0.1, -0.05) is 31.4 Å². The van der Waals surface area contributed by atoms with E-state index >= 15 is 0 Å². The third-order valence-electron chi connectivity index (χ3n) is 9.75. The van der Waals surface area contributed by atoms with Crippen LogP contribution in [0.25, 0.3) is 39.3 Å². The number of carbonyl (C=O) groups excluding carboxylic acids is 2. The molecule has 7 heteroatoms. The van der Waals surface area contributed by atoms with Crippen LogP contribution in [0.15, 0.2) is 65.5 Å². The van der Waals surface area contributed by atoms with Gasteiger partial charge in [0, 0.05) is 28.1 Å². The van der Waals surface area contributed by atoms with E-state index in [2.05, 4.69) is 50.6 Å². The fourth-order valence-electron chi connectivity index (χ4n) is 7.37. The lowest BCUT2D eigenvalue weighted by Crippen LogP contribution is -2.56. The zero-order valence-corrected chi connectivity index (χ0v) is 25.2. The van der Waals surface area contributed by atoms with Gasteiger partial charge in [0.2, 0.25) is 0 Å². The van der Waals surface area contributed by atoms with Crippen LogP contribution in [0.5, 0.6) is 0 Å². The van der Waals surface area contributed by atoms with Crippen LogP contribution in [0.3, 0.4) is 0 Å². The van der Waals surface area contributed by atoms with Crippen molar-refractivity contribution < 1.29 is 18.6 Å². The summed E-state index contributed by atoms with van der Waals surface area (Å²) in [5, 5.41) is 4.57. The van der Waals surface area contributed by atoms with E-state index in [9.17, 15) is 9.59 Å². The molecule has 2 aliphatic rings. The smallest absolute Gasteiger partial charge is 0.281 e. The lowest BCUT2D eigenvalue weighted by Gasteiger charge is -2.38. The van der Waals surface area contributed by atoms with E-state index in [1.807, 2.05) is 37.6 Å². The minimum atomic E-state index is -0.458. The number of fused-ring (bicyclic) bond motifs is 2. The molecule has 7 nitrogen and oxygen atoms in total. The first-order valence-corrected chi connectivity index (χ1v) is 15.6. The molecular weight excluding hydrogens is 536 g/mol. The zero-order valence-electron chi connectivity index (χ0n) is 25.2. The van der Waals surface area contributed by atoms with Crippen LogP contribution in [0.2, 0.25) is 0 Å². The Kier molecular flexibility index (Phi) is 6.83. The van der Waals surface area contributed by atoms with Gasteiger partial charge >= 0.3 is 0 Å². The first-order valence-electron chi connectivity index (χ1n) is 15.6. The number of allylic oxidation sites excluding steroid dienone is 1. The van der Waals surface area contributed by atoms with Gasteiger partial charge in [-0.05, 0) is 99.6 Å². The van der Waals surface area contributed by atoms with E-state index < -0.39 is 5.54 Å². The SMILES string of the molecule is CC(=O)/C=C/c1ccc2c(c1)[nH]c(C1(NC(=O)c3ccc4c(c3)c(C)c(-c3ccoc3)n4C3CCCCC3)CCC1)[n+]2C. The van der Waals surface area contributed by atoms with Crippen molar-refractivity contribution in [2.75, 3.05) is 0 Å². The van der Waals surface area contributed by atoms with Gasteiger partial charge in [-0.25, -0.2) is 9.55 Å². The summed E-state index contributed by atoms with van der Waals surface area (Å²) in [6.45, 7) is 3.72. The maximum atomic E-state index is 13.9. The molecule has 220 valence electrons. The van der Waals surface area contributed by atoms with Crippen LogP contribution in [-0.2, 0) is 17.4 Å². The highest BCUT2D eigenvalue weighted by molar-refractivity contribution is 6.01. The van der Waals surface area contributed by atoms with E-state index in [4.69, 9.17) is 4.42 Å². The van der Waals surface area contributed by atoms with Crippen LogP contribution in [0.4, 0.5) is 0 Å². The van der Waals surface area contributed by atoms with Crippen molar-refractivity contribution in [1.82, 2.24) is 14.9 Å².